The topological polar surface area (TPSA) is 167 Å². The highest BCUT2D eigenvalue weighted by Crippen LogP contribution is 2.69. The molecule has 0 spiro atoms. The number of carbonyl (C=O) groups excluding carboxylic acids is 3. The fourth-order valence-corrected chi connectivity index (χ4v) is 8.55. The molecule has 2 fully saturated rings. The normalized spacial score (nSPS) is 18.6. The van der Waals surface area contributed by atoms with E-state index < -0.39 is 30.7 Å². The molecule has 2 aliphatic carbocycles. The average Bonchev–Trinajstić information content (AvgIpc) is 3.63. The van der Waals surface area contributed by atoms with Crippen molar-refractivity contribution in [1.82, 2.24) is 20.5 Å². The van der Waals surface area contributed by atoms with Crippen LogP contribution in [0.5, 0.6) is 5.75 Å². The van der Waals surface area contributed by atoms with E-state index in [4.69, 9.17) is 9.47 Å². The molecule has 13 heteroatoms. The molecule has 1 heterocycles. The molecule has 2 unspecified atom stereocenters. The summed E-state index contributed by atoms with van der Waals surface area (Å²) >= 11 is 0. The maximum absolute atomic E-state index is 13.0. The number of aromatic nitrogens is 1. The van der Waals surface area contributed by atoms with Crippen LogP contribution in [0.15, 0.2) is 72.0 Å². The van der Waals surface area contributed by atoms with Crippen molar-refractivity contribution < 1.29 is 33.3 Å². The lowest BCUT2D eigenvalue weighted by atomic mass is 10.1. The number of alkyl carbamates (subject to hydrolysis) is 1. The predicted octanol–water partition coefficient (Wildman–Crippen LogP) is 8.44. The Balaban J connectivity index is 0.000000287. The van der Waals surface area contributed by atoms with E-state index in [0.29, 0.717) is 24.6 Å². The molecule has 0 bridgehead atoms. The van der Waals surface area contributed by atoms with Gasteiger partial charge in [0.25, 0.3) is 0 Å². The number of nitrogens with zero attached hydrogens (tertiary/aromatic N) is 1. The van der Waals surface area contributed by atoms with Crippen molar-refractivity contribution in [2.75, 3.05) is 26.4 Å². The van der Waals surface area contributed by atoms with Gasteiger partial charge in [0.2, 0.25) is 13.3 Å². The van der Waals surface area contributed by atoms with Gasteiger partial charge in [-0.05, 0) is 68.6 Å². The molecule has 296 valence electrons. The van der Waals surface area contributed by atoms with Crippen molar-refractivity contribution in [3.63, 3.8) is 0 Å². The molecule has 2 saturated carbocycles. The Bertz CT molecular complexity index is 1800. The van der Waals surface area contributed by atoms with Gasteiger partial charge in [-0.1, -0.05) is 77.4 Å². The SMILES string of the molecule is C=CC1C[C@]1(NC(=O)N(CCCC)C(=O)CNC(=O)OC1CCCC1)P(=O)(O)CCC.CC(C)C.COc1ccc2c(=O)cc(-c3ccccc3)[nH]c2c1. The van der Waals surface area contributed by atoms with Gasteiger partial charge in [-0.2, -0.15) is 0 Å². The molecular weight excluding hydrogens is 707 g/mol. The van der Waals surface area contributed by atoms with Crippen molar-refractivity contribution in [1.29, 1.82) is 0 Å². The second kappa shape index (κ2) is 20.9. The van der Waals surface area contributed by atoms with Crippen LogP contribution >= 0.6 is 7.37 Å². The number of methoxy groups -OCH3 is 1. The monoisotopic (exact) mass is 766 g/mol. The zero-order valence-corrected chi connectivity index (χ0v) is 33.6. The van der Waals surface area contributed by atoms with Crippen LogP contribution in [-0.4, -0.2) is 70.6 Å². The molecule has 3 aromatic rings. The Kier molecular flexibility index (Phi) is 17.0. The summed E-state index contributed by atoms with van der Waals surface area (Å²) in [7, 11) is -2.07. The number of H-pyrrole nitrogens is 1. The largest absolute Gasteiger partial charge is 0.497 e. The number of carbonyl (C=O) groups is 3. The summed E-state index contributed by atoms with van der Waals surface area (Å²) in [5, 5.41) is 4.48. The third-order valence-corrected chi connectivity index (χ3v) is 12.0. The molecule has 1 aromatic heterocycles. The zero-order chi connectivity index (χ0) is 39.9. The second-order valence-corrected chi connectivity index (χ2v) is 17.1. The van der Waals surface area contributed by atoms with Gasteiger partial charge >= 0.3 is 12.1 Å². The van der Waals surface area contributed by atoms with Gasteiger partial charge in [-0.25, -0.2) is 9.59 Å². The highest BCUT2D eigenvalue weighted by Gasteiger charge is 2.65. The fourth-order valence-electron chi connectivity index (χ4n) is 6.17. The number of benzene rings is 2. The summed E-state index contributed by atoms with van der Waals surface area (Å²) in [5.41, 5.74) is 2.59. The van der Waals surface area contributed by atoms with Crippen LogP contribution in [0.25, 0.3) is 22.2 Å². The first-order chi connectivity index (χ1) is 25.7. The first-order valence-corrected chi connectivity index (χ1v) is 20.8. The van der Waals surface area contributed by atoms with Gasteiger partial charge < -0.3 is 30.0 Å². The third kappa shape index (κ3) is 12.3. The van der Waals surface area contributed by atoms with Crippen molar-refractivity contribution in [2.24, 2.45) is 11.8 Å². The Labute approximate surface area is 319 Å². The van der Waals surface area contributed by atoms with Crippen LogP contribution in [0.1, 0.15) is 86.0 Å². The van der Waals surface area contributed by atoms with E-state index in [9.17, 15) is 28.6 Å². The number of unbranched alkanes of at least 4 members (excludes halogenated alkanes) is 1. The van der Waals surface area contributed by atoms with Gasteiger partial charge in [0.05, 0.1) is 12.6 Å². The first-order valence-electron chi connectivity index (χ1n) is 19.0. The number of nitrogens with one attached hydrogen (secondary N) is 3. The zero-order valence-electron chi connectivity index (χ0n) is 32.7. The van der Waals surface area contributed by atoms with E-state index in [0.717, 1.165) is 65.4 Å². The third-order valence-electron chi connectivity index (χ3n) is 9.11. The molecule has 12 nitrogen and oxygen atoms in total. The minimum atomic E-state index is -3.69. The van der Waals surface area contributed by atoms with Crippen LogP contribution < -0.4 is 20.8 Å². The summed E-state index contributed by atoms with van der Waals surface area (Å²) in [5.74, 6) is 0.651. The van der Waals surface area contributed by atoms with Gasteiger partial charge in [-0.15, -0.1) is 6.58 Å². The molecule has 4 amide bonds. The van der Waals surface area contributed by atoms with E-state index in [-0.39, 0.29) is 36.7 Å². The Morgan fingerprint density at radius 3 is 2.31 bits per heavy atom. The number of rotatable bonds is 13. The number of hydrogen-bond donors (Lipinski definition) is 4. The number of fused-ring (bicyclic) bond motifs is 1. The van der Waals surface area contributed by atoms with Crippen LogP contribution in [0, 0.1) is 11.8 Å². The van der Waals surface area contributed by atoms with Gasteiger partial charge in [0.15, 0.2) is 5.43 Å². The molecule has 0 radical (unpaired) electrons. The van der Waals surface area contributed by atoms with E-state index in [1.54, 1.807) is 38.3 Å². The smallest absolute Gasteiger partial charge is 0.407 e. The maximum Gasteiger partial charge on any atom is 0.407 e. The molecule has 54 heavy (non-hydrogen) atoms. The molecular formula is C41H59N4O8P. The summed E-state index contributed by atoms with van der Waals surface area (Å²) in [6, 6.07) is 16.1. The summed E-state index contributed by atoms with van der Waals surface area (Å²) in [4.78, 5) is 64.6. The van der Waals surface area contributed by atoms with Crippen LogP contribution in [0.4, 0.5) is 9.59 Å². The van der Waals surface area contributed by atoms with E-state index >= 15 is 0 Å². The Morgan fingerprint density at radius 1 is 1.07 bits per heavy atom. The lowest BCUT2D eigenvalue weighted by molar-refractivity contribution is -0.127. The minimum absolute atomic E-state index is 0.00950. The van der Waals surface area contributed by atoms with Crippen molar-refractivity contribution in [3.05, 3.63) is 77.5 Å². The van der Waals surface area contributed by atoms with E-state index in [2.05, 4.69) is 43.0 Å². The lowest BCUT2D eigenvalue weighted by Gasteiger charge is -2.29. The minimum Gasteiger partial charge on any atom is -0.497 e. The van der Waals surface area contributed by atoms with E-state index in [1.807, 2.05) is 43.3 Å². The molecule has 0 saturated heterocycles. The molecule has 2 aromatic carbocycles. The van der Waals surface area contributed by atoms with Gasteiger partial charge in [-0.3, -0.25) is 19.1 Å². The maximum atomic E-state index is 13.0. The van der Waals surface area contributed by atoms with Crippen LogP contribution in [0.3, 0.4) is 0 Å². The van der Waals surface area contributed by atoms with Gasteiger partial charge in [0, 0.05) is 41.8 Å². The fraction of sp³-hybridized carbons (Fsp3) is 0.512. The highest BCUT2D eigenvalue weighted by atomic mass is 31.2. The van der Waals surface area contributed by atoms with Crippen molar-refractivity contribution in [3.8, 4) is 17.0 Å². The highest BCUT2D eigenvalue weighted by molar-refractivity contribution is 7.60. The molecule has 3 atom stereocenters. The number of ether oxygens (including phenoxy) is 2. The van der Waals surface area contributed by atoms with Crippen LogP contribution in [-0.2, 0) is 14.1 Å². The number of urea groups is 1. The predicted molar refractivity (Wildman–Crippen MR) is 215 cm³/mol. The summed E-state index contributed by atoms with van der Waals surface area (Å²) in [6.45, 7) is 13.7. The quantitative estimate of drug-likeness (QED) is 0.0994. The van der Waals surface area contributed by atoms with Gasteiger partial charge in [0.1, 0.15) is 23.7 Å². The Morgan fingerprint density at radius 2 is 1.74 bits per heavy atom. The molecule has 5 rings (SSSR count). The molecule has 2 aliphatic rings. The number of imide groups is 1. The number of hydrogen-bond acceptors (Lipinski definition) is 7. The molecule has 0 aliphatic heterocycles. The van der Waals surface area contributed by atoms with E-state index in [1.165, 1.54) is 0 Å². The van der Waals surface area contributed by atoms with Crippen molar-refractivity contribution >= 4 is 36.3 Å². The summed E-state index contributed by atoms with van der Waals surface area (Å²) in [6.07, 6.45) is 6.66. The second-order valence-electron chi connectivity index (χ2n) is 14.4. The number of aromatic amines is 1. The van der Waals surface area contributed by atoms with Crippen molar-refractivity contribution in [2.45, 2.75) is 97.4 Å². The number of amides is 4. The lowest BCUT2D eigenvalue weighted by Crippen LogP contribution is -2.52. The first kappa shape index (κ1) is 44.0. The number of pyridine rings is 1. The Hall–Kier alpha value is -4.41. The summed E-state index contributed by atoms with van der Waals surface area (Å²) < 4.78 is 23.4. The van der Waals surface area contributed by atoms with Crippen LogP contribution in [0.2, 0.25) is 0 Å². The standard InChI is InChI=1S/C21H36N3O6P.C16H13NO2.C4H10/c1-4-7-12-24(18(25)15-22-20(27)30-17-10-8-9-11-17)19(26)23-21(14-16(21)6-3)31(28,29)13-5-2;1-19-12-7-8-13-15(9-12)17-14(10-16(13)18)11-5-3-2-4-6-11;1-4(2)3/h6,16-17H,3-5,7-15H2,1-2H3,(H,22,27)(H,23,26)(H,28,29);2-10H,1H3,(H,17,18);4H,1-3H3/t16?,21-;;/m0../s1. The average molecular weight is 767 g/mol. The molecule has 4 N–H and O–H groups in total.